The molecule has 0 radical (unpaired) electrons. The molecule has 0 saturated heterocycles. The fourth-order valence-electron chi connectivity index (χ4n) is 2.41. The standard InChI is InChI=1S/C19H19N3O/c1-3-23-16-9-10-17-18(12-16)21-14(2)11-19(17)22-20-13-15-7-5-4-6-8-15/h4-13H,3H2,1-2H3,(H,21,22)/b20-13-. The van der Waals surface area contributed by atoms with Crippen LogP contribution in [-0.2, 0) is 0 Å². The molecule has 3 rings (SSSR count). The average molecular weight is 305 g/mol. The van der Waals surface area contributed by atoms with Crippen LogP contribution >= 0.6 is 0 Å². The lowest BCUT2D eigenvalue weighted by Gasteiger charge is -2.09. The van der Waals surface area contributed by atoms with E-state index in [0.717, 1.165) is 33.6 Å². The van der Waals surface area contributed by atoms with Gasteiger partial charge < -0.3 is 4.74 Å². The first-order valence-electron chi connectivity index (χ1n) is 7.64. The number of fused-ring (bicyclic) bond motifs is 1. The maximum Gasteiger partial charge on any atom is 0.121 e. The van der Waals surface area contributed by atoms with Gasteiger partial charge in [-0.1, -0.05) is 30.3 Å². The number of nitrogens with one attached hydrogen (secondary N) is 1. The highest BCUT2D eigenvalue weighted by atomic mass is 16.5. The van der Waals surface area contributed by atoms with E-state index in [0.29, 0.717) is 6.61 Å². The molecule has 0 spiro atoms. The van der Waals surface area contributed by atoms with Crippen LogP contribution in [0.2, 0.25) is 0 Å². The molecule has 0 saturated carbocycles. The Morgan fingerprint density at radius 2 is 1.96 bits per heavy atom. The summed E-state index contributed by atoms with van der Waals surface area (Å²) in [5.74, 6) is 0.830. The van der Waals surface area contributed by atoms with Crippen molar-refractivity contribution in [1.82, 2.24) is 4.98 Å². The third-order valence-electron chi connectivity index (χ3n) is 3.42. The maximum absolute atomic E-state index is 5.54. The fourth-order valence-corrected chi connectivity index (χ4v) is 2.41. The second-order valence-electron chi connectivity index (χ2n) is 5.20. The van der Waals surface area contributed by atoms with Crippen molar-refractivity contribution >= 4 is 22.8 Å². The Morgan fingerprint density at radius 3 is 2.74 bits per heavy atom. The summed E-state index contributed by atoms with van der Waals surface area (Å²) in [6, 6.07) is 17.9. The summed E-state index contributed by atoms with van der Waals surface area (Å²) in [7, 11) is 0. The van der Waals surface area contributed by atoms with Gasteiger partial charge in [0.1, 0.15) is 5.75 Å². The summed E-state index contributed by atoms with van der Waals surface area (Å²) >= 11 is 0. The molecule has 2 aromatic carbocycles. The summed E-state index contributed by atoms with van der Waals surface area (Å²) in [4.78, 5) is 4.57. The van der Waals surface area contributed by atoms with Crippen molar-refractivity contribution in [3.63, 3.8) is 0 Å². The number of hydrogen-bond acceptors (Lipinski definition) is 4. The highest BCUT2D eigenvalue weighted by Crippen LogP contribution is 2.26. The van der Waals surface area contributed by atoms with Gasteiger partial charge in [-0.3, -0.25) is 10.4 Å². The van der Waals surface area contributed by atoms with Gasteiger partial charge in [0.05, 0.1) is 24.0 Å². The Labute approximate surface area is 135 Å². The fraction of sp³-hybridized carbons (Fsp3) is 0.158. The Morgan fingerprint density at radius 1 is 1.13 bits per heavy atom. The van der Waals surface area contributed by atoms with Crippen molar-refractivity contribution in [2.75, 3.05) is 12.0 Å². The summed E-state index contributed by atoms with van der Waals surface area (Å²) in [5, 5.41) is 5.35. The Bertz CT molecular complexity index is 829. The number of rotatable bonds is 5. The van der Waals surface area contributed by atoms with Gasteiger partial charge in [0.15, 0.2) is 0 Å². The molecule has 23 heavy (non-hydrogen) atoms. The lowest BCUT2D eigenvalue weighted by Crippen LogP contribution is -1.96. The van der Waals surface area contributed by atoms with Gasteiger partial charge in [-0.25, -0.2) is 0 Å². The molecule has 1 aromatic heterocycles. The minimum atomic E-state index is 0.643. The number of nitrogens with zero attached hydrogens (tertiary/aromatic N) is 2. The van der Waals surface area contributed by atoms with E-state index >= 15 is 0 Å². The lowest BCUT2D eigenvalue weighted by atomic mass is 10.1. The first-order chi connectivity index (χ1) is 11.3. The number of ether oxygens (including phenoxy) is 1. The van der Waals surface area contributed by atoms with E-state index in [4.69, 9.17) is 4.74 Å². The zero-order valence-electron chi connectivity index (χ0n) is 13.3. The molecule has 0 atom stereocenters. The first kappa shape index (κ1) is 15.0. The number of benzene rings is 2. The number of aryl methyl sites for hydroxylation is 1. The van der Waals surface area contributed by atoms with Crippen molar-refractivity contribution < 1.29 is 4.74 Å². The van der Waals surface area contributed by atoms with Crippen LogP contribution in [0.5, 0.6) is 5.75 Å². The summed E-state index contributed by atoms with van der Waals surface area (Å²) in [6.45, 7) is 4.59. The Balaban J connectivity index is 1.89. The molecule has 0 aliphatic carbocycles. The first-order valence-corrected chi connectivity index (χ1v) is 7.64. The summed E-state index contributed by atoms with van der Waals surface area (Å²) in [5.41, 5.74) is 6.93. The van der Waals surface area contributed by atoms with E-state index in [1.165, 1.54) is 0 Å². The SMILES string of the molecule is CCOc1ccc2c(N/N=C\c3ccccc3)cc(C)nc2c1. The molecular formula is C19H19N3O. The van der Waals surface area contributed by atoms with Crippen molar-refractivity contribution in [3.8, 4) is 5.75 Å². The molecule has 0 bridgehead atoms. The van der Waals surface area contributed by atoms with Crippen molar-refractivity contribution in [2.45, 2.75) is 13.8 Å². The molecule has 3 aromatic rings. The van der Waals surface area contributed by atoms with Gasteiger partial charge in [-0.15, -0.1) is 0 Å². The predicted octanol–water partition coefficient (Wildman–Crippen LogP) is 4.39. The van der Waals surface area contributed by atoms with Crippen molar-refractivity contribution in [3.05, 3.63) is 65.9 Å². The van der Waals surface area contributed by atoms with Crippen LogP contribution in [0.1, 0.15) is 18.2 Å². The number of hydrazone groups is 1. The molecule has 0 fully saturated rings. The highest BCUT2D eigenvalue weighted by Gasteiger charge is 2.05. The van der Waals surface area contributed by atoms with Crippen molar-refractivity contribution in [2.24, 2.45) is 5.10 Å². The van der Waals surface area contributed by atoms with Crippen LogP contribution in [0.15, 0.2) is 59.7 Å². The molecule has 0 aliphatic heterocycles. The number of pyridine rings is 1. The molecule has 0 amide bonds. The van der Waals surface area contributed by atoms with Crippen LogP contribution < -0.4 is 10.2 Å². The summed E-state index contributed by atoms with van der Waals surface area (Å²) < 4.78 is 5.54. The van der Waals surface area contributed by atoms with Crippen molar-refractivity contribution in [1.29, 1.82) is 0 Å². The van der Waals surface area contributed by atoms with Gasteiger partial charge in [-0.2, -0.15) is 5.10 Å². The number of anilines is 1. The third kappa shape index (κ3) is 3.66. The number of hydrogen-bond donors (Lipinski definition) is 1. The quantitative estimate of drug-likeness (QED) is 0.562. The van der Waals surface area contributed by atoms with E-state index in [2.05, 4.69) is 15.5 Å². The van der Waals surface area contributed by atoms with Crippen LogP contribution in [-0.4, -0.2) is 17.8 Å². The molecule has 4 heteroatoms. The highest BCUT2D eigenvalue weighted by molar-refractivity contribution is 5.92. The molecule has 1 N–H and O–H groups in total. The third-order valence-corrected chi connectivity index (χ3v) is 3.42. The number of aromatic nitrogens is 1. The topological polar surface area (TPSA) is 46.5 Å². The molecule has 116 valence electrons. The molecule has 0 unspecified atom stereocenters. The van der Waals surface area contributed by atoms with Gasteiger partial charge in [-0.05, 0) is 37.6 Å². The second-order valence-corrected chi connectivity index (χ2v) is 5.20. The average Bonchev–Trinajstić information content (AvgIpc) is 2.55. The molecule has 0 aliphatic rings. The van der Waals surface area contributed by atoms with Crippen LogP contribution in [0.4, 0.5) is 5.69 Å². The zero-order chi connectivity index (χ0) is 16.1. The normalized spacial score (nSPS) is 11.0. The van der Waals surface area contributed by atoms with E-state index in [9.17, 15) is 0 Å². The molecular weight excluding hydrogens is 286 g/mol. The Hall–Kier alpha value is -2.88. The largest absolute Gasteiger partial charge is 0.494 e. The van der Waals surface area contributed by atoms with Crippen LogP contribution in [0.25, 0.3) is 10.9 Å². The predicted molar refractivity (Wildman–Crippen MR) is 95.3 cm³/mol. The van der Waals surface area contributed by atoms with E-state index in [1.54, 1.807) is 6.21 Å². The maximum atomic E-state index is 5.54. The second kappa shape index (κ2) is 6.92. The van der Waals surface area contributed by atoms with E-state index in [1.807, 2.05) is 68.4 Å². The monoisotopic (exact) mass is 305 g/mol. The minimum absolute atomic E-state index is 0.643. The van der Waals surface area contributed by atoms with Crippen LogP contribution in [0, 0.1) is 6.92 Å². The van der Waals surface area contributed by atoms with Gasteiger partial charge in [0.25, 0.3) is 0 Å². The van der Waals surface area contributed by atoms with Gasteiger partial charge >= 0.3 is 0 Å². The van der Waals surface area contributed by atoms with Gasteiger partial charge in [0.2, 0.25) is 0 Å². The minimum Gasteiger partial charge on any atom is -0.494 e. The molecule has 4 nitrogen and oxygen atoms in total. The lowest BCUT2D eigenvalue weighted by molar-refractivity contribution is 0.340. The zero-order valence-corrected chi connectivity index (χ0v) is 13.3. The van der Waals surface area contributed by atoms with E-state index < -0.39 is 0 Å². The summed E-state index contributed by atoms with van der Waals surface area (Å²) in [6.07, 6.45) is 1.80. The smallest absolute Gasteiger partial charge is 0.121 e. The molecule has 1 heterocycles. The Kier molecular flexibility index (Phi) is 4.52. The van der Waals surface area contributed by atoms with Gasteiger partial charge in [0, 0.05) is 17.1 Å². The van der Waals surface area contributed by atoms with Crippen LogP contribution in [0.3, 0.4) is 0 Å². The van der Waals surface area contributed by atoms with E-state index in [-0.39, 0.29) is 0 Å².